The fraction of sp³-hybridized carbons (Fsp3) is 0.565. The highest BCUT2D eigenvalue weighted by Crippen LogP contribution is 2.32. The SMILES string of the molecule is CCc1noc(CC)c1CNC(=NC)NCc1ccc(OC)c(OC2CCCC2)c1.I. The van der Waals surface area contributed by atoms with Crippen LogP contribution in [0.25, 0.3) is 0 Å². The van der Waals surface area contributed by atoms with Crippen LogP contribution >= 0.6 is 24.0 Å². The number of benzene rings is 1. The number of nitrogens with one attached hydrogen (secondary N) is 2. The molecule has 1 aliphatic rings. The number of nitrogens with zero attached hydrogens (tertiary/aromatic N) is 2. The number of aliphatic imine (C=N–C) groups is 1. The first-order valence-corrected chi connectivity index (χ1v) is 10.9. The molecule has 31 heavy (non-hydrogen) atoms. The fourth-order valence-corrected chi connectivity index (χ4v) is 3.83. The Balaban J connectivity index is 0.00000341. The zero-order valence-electron chi connectivity index (χ0n) is 19.0. The highest BCUT2D eigenvalue weighted by molar-refractivity contribution is 14.0. The van der Waals surface area contributed by atoms with Gasteiger partial charge in [-0.3, -0.25) is 4.99 Å². The highest BCUT2D eigenvalue weighted by Gasteiger charge is 2.19. The molecule has 1 fully saturated rings. The van der Waals surface area contributed by atoms with Crippen molar-refractivity contribution in [2.75, 3.05) is 14.2 Å². The number of guanidine groups is 1. The summed E-state index contributed by atoms with van der Waals surface area (Å²) in [6.45, 7) is 5.43. The molecule has 8 heteroatoms. The first-order chi connectivity index (χ1) is 14.7. The van der Waals surface area contributed by atoms with E-state index >= 15 is 0 Å². The molecule has 172 valence electrons. The molecule has 0 amide bonds. The molecule has 7 nitrogen and oxygen atoms in total. The number of aryl methyl sites for hydroxylation is 2. The second kappa shape index (κ2) is 12.8. The lowest BCUT2D eigenvalue weighted by molar-refractivity contribution is 0.200. The lowest BCUT2D eigenvalue weighted by Gasteiger charge is -2.17. The Morgan fingerprint density at radius 1 is 1.13 bits per heavy atom. The minimum atomic E-state index is 0. The van der Waals surface area contributed by atoms with E-state index in [-0.39, 0.29) is 24.0 Å². The largest absolute Gasteiger partial charge is 0.493 e. The molecule has 1 aliphatic carbocycles. The number of hydrogen-bond acceptors (Lipinski definition) is 5. The Kier molecular flexibility index (Phi) is 10.4. The average molecular weight is 542 g/mol. The third kappa shape index (κ3) is 6.75. The third-order valence-corrected chi connectivity index (χ3v) is 5.55. The smallest absolute Gasteiger partial charge is 0.191 e. The Morgan fingerprint density at radius 3 is 2.52 bits per heavy atom. The Labute approximate surface area is 202 Å². The van der Waals surface area contributed by atoms with Gasteiger partial charge in [-0.05, 0) is 49.8 Å². The molecule has 1 aromatic carbocycles. The normalized spacial score (nSPS) is 14.3. The van der Waals surface area contributed by atoms with Crippen molar-refractivity contribution in [3.63, 3.8) is 0 Å². The Hall–Kier alpha value is -1.97. The molecule has 2 N–H and O–H groups in total. The van der Waals surface area contributed by atoms with Crippen LogP contribution < -0.4 is 20.1 Å². The van der Waals surface area contributed by atoms with Crippen LogP contribution in [0.15, 0.2) is 27.7 Å². The van der Waals surface area contributed by atoms with Crippen molar-refractivity contribution in [2.24, 2.45) is 4.99 Å². The van der Waals surface area contributed by atoms with Crippen LogP contribution in [-0.4, -0.2) is 31.4 Å². The Bertz CT molecular complexity index is 826. The third-order valence-electron chi connectivity index (χ3n) is 5.55. The molecule has 0 radical (unpaired) electrons. The van der Waals surface area contributed by atoms with Crippen molar-refractivity contribution in [2.45, 2.75) is 71.6 Å². The fourth-order valence-electron chi connectivity index (χ4n) is 3.83. The Morgan fingerprint density at radius 2 is 1.87 bits per heavy atom. The van der Waals surface area contributed by atoms with Crippen LogP contribution in [0.3, 0.4) is 0 Å². The van der Waals surface area contributed by atoms with Crippen molar-refractivity contribution in [1.82, 2.24) is 15.8 Å². The first kappa shape index (κ1) is 25.3. The number of halogens is 1. The quantitative estimate of drug-likeness (QED) is 0.274. The van der Waals surface area contributed by atoms with E-state index in [1.165, 1.54) is 12.8 Å². The maximum absolute atomic E-state index is 6.20. The summed E-state index contributed by atoms with van der Waals surface area (Å²) < 4.78 is 17.1. The molecule has 0 bridgehead atoms. The number of hydrogen-bond donors (Lipinski definition) is 2. The number of methoxy groups -OCH3 is 1. The molecule has 1 aromatic heterocycles. The zero-order valence-corrected chi connectivity index (χ0v) is 21.3. The summed E-state index contributed by atoms with van der Waals surface area (Å²) >= 11 is 0. The summed E-state index contributed by atoms with van der Waals surface area (Å²) in [5.74, 6) is 3.25. The second-order valence-electron chi connectivity index (χ2n) is 7.53. The lowest BCUT2D eigenvalue weighted by atomic mass is 10.1. The van der Waals surface area contributed by atoms with Crippen LogP contribution in [0.4, 0.5) is 0 Å². The van der Waals surface area contributed by atoms with Crippen molar-refractivity contribution < 1.29 is 14.0 Å². The van der Waals surface area contributed by atoms with Crippen molar-refractivity contribution >= 4 is 29.9 Å². The van der Waals surface area contributed by atoms with Gasteiger partial charge in [-0.15, -0.1) is 24.0 Å². The molecule has 2 aromatic rings. The van der Waals surface area contributed by atoms with Gasteiger partial charge in [-0.2, -0.15) is 0 Å². The van der Waals surface area contributed by atoms with E-state index in [4.69, 9.17) is 14.0 Å². The maximum atomic E-state index is 6.20. The molecule has 0 atom stereocenters. The van der Waals surface area contributed by atoms with Gasteiger partial charge in [0, 0.05) is 32.1 Å². The summed E-state index contributed by atoms with van der Waals surface area (Å²) in [6.07, 6.45) is 6.67. The van der Waals surface area contributed by atoms with Crippen molar-refractivity contribution in [1.29, 1.82) is 0 Å². The number of rotatable bonds is 9. The van der Waals surface area contributed by atoms with Crippen LogP contribution in [0.5, 0.6) is 11.5 Å². The summed E-state index contributed by atoms with van der Waals surface area (Å²) in [5.41, 5.74) is 3.23. The van der Waals surface area contributed by atoms with Gasteiger partial charge in [-0.1, -0.05) is 25.1 Å². The highest BCUT2D eigenvalue weighted by atomic mass is 127. The zero-order chi connectivity index (χ0) is 21.3. The predicted molar refractivity (Wildman–Crippen MR) is 134 cm³/mol. The molecule has 1 saturated carbocycles. The van der Waals surface area contributed by atoms with Gasteiger partial charge >= 0.3 is 0 Å². The standard InChI is InChI=1S/C23H34N4O3.HI/c1-5-19-18(20(6-2)30-27-19)15-26-23(24-3)25-14-16-11-12-21(28-4)22(13-16)29-17-9-7-8-10-17;/h11-13,17H,5-10,14-15H2,1-4H3,(H2,24,25,26);1H. The van der Waals surface area contributed by atoms with E-state index in [1.807, 2.05) is 12.1 Å². The van der Waals surface area contributed by atoms with Crippen LogP contribution in [0, 0.1) is 0 Å². The summed E-state index contributed by atoms with van der Waals surface area (Å²) in [5, 5.41) is 10.9. The molecular weight excluding hydrogens is 507 g/mol. The van der Waals surface area contributed by atoms with E-state index in [2.05, 4.69) is 40.7 Å². The van der Waals surface area contributed by atoms with Gasteiger partial charge in [0.15, 0.2) is 17.5 Å². The van der Waals surface area contributed by atoms with Gasteiger partial charge in [0.05, 0.1) is 18.9 Å². The van der Waals surface area contributed by atoms with E-state index in [0.717, 1.165) is 65.7 Å². The molecule has 0 unspecified atom stereocenters. The summed E-state index contributed by atoms with van der Waals surface area (Å²) in [6, 6.07) is 6.07. The molecule has 0 aliphatic heterocycles. The second-order valence-corrected chi connectivity index (χ2v) is 7.53. The molecule has 3 rings (SSSR count). The van der Waals surface area contributed by atoms with E-state index in [0.29, 0.717) is 19.2 Å². The van der Waals surface area contributed by atoms with Crippen molar-refractivity contribution in [3.05, 3.63) is 40.8 Å². The minimum absolute atomic E-state index is 0. The van der Waals surface area contributed by atoms with Crippen molar-refractivity contribution in [3.8, 4) is 11.5 Å². The van der Waals surface area contributed by atoms with Gasteiger partial charge in [0.1, 0.15) is 5.76 Å². The van der Waals surface area contributed by atoms with Crippen LogP contribution in [0.2, 0.25) is 0 Å². The predicted octanol–water partition coefficient (Wildman–Crippen LogP) is 4.61. The molecular formula is C23H35IN4O3. The number of ether oxygens (including phenoxy) is 2. The van der Waals surface area contributed by atoms with Crippen LogP contribution in [-0.2, 0) is 25.9 Å². The summed E-state index contributed by atoms with van der Waals surface area (Å²) in [4.78, 5) is 4.34. The topological polar surface area (TPSA) is 80.9 Å². The molecule has 0 spiro atoms. The lowest BCUT2D eigenvalue weighted by Crippen LogP contribution is -2.36. The molecule has 1 heterocycles. The monoisotopic (exact) mass is 542 g/mol. The summed E-state index contributed by atoms with van der Waals surface area (Å²) in [7, 11) is 3.45. The van der Waals surface area contributed by atoms with Gasteiger partial charge in [0.2, 0.25) is 0 Å². The molecule has 0 saturated heterocycles. The van der Waals surface area contributed by atoms with E-state index in [9.17, 15) is 0 Å². The van der Waals surface area contributed by atoms with Gasteiger partial charge in [-0.25, -0.2) is 0 Å². The van der Waals surface area contributed by atoms with E-state index < -0.39 is 0 Å². The van der Waals surface area contributed by atoms with Gasteiger partial charge < -0.3 is 24.6 Å². The maximum Gasteiger partial charge on any atom is 0.191 e. The van der Waals surface area contributed by atoms with E-state index in [1.54, 1.807) is 14.2 Å². The minimum Gasteiger partial charge on any atom is -0.493 e. The first-order valence-electron chi connectivity index (χ1n) is 10.9. The average Bonchev–Trinajstić information content (AvgIpc) is 3.43. The number of aromatic nitrogens is 1. The van der Waals surface area contributed by atoms with Gasteiger partial charge in [0.25, 0.3) is 0 Å². The van der Waals surface area contributed by atoms with Crippen LogP contribution in [0.1, 0.15) is 62.1 Å².